The zero-order valence-corrected chi connectivity index (χ0v) is 10.3. The molecule has 0 heterocycles. The van der Waals surface area contributed by atoms with Gasteiger partial charge in [0.15, 0.2) is 0 Å². The molecule has 1 fully saturated rings. The van der Waals surface area contributed by atoms with E-state index >= 15 is 0 Å². The second-order valence-corrected chi connectivity index (χ2v) is 6.48. The van der Waals surface area contributed by atoms with Crippen molar-refractivity contribution in [1.29, 1.82) is 0 Å². The van der Waals surface area contributed by atoms with Crippen molar-refractivity contribution in [2.45, 2.75) is 51.9 Å². The molecule has 4 heteroatoms. The van der Waals surface area contributed by atoms with E-state index in [2.05, 4.69) is 6.92 Å². The van der Waals surface area contributed by atoms with Gasteiger partial charge in [0.2, 0.25) is 0 Å². The third-order valence-electron chi connectivity index (χ3n) is 3.40. The van der Waals surface area contributed by atoms with E-state index in [4.69, 9.17) is 4.55 Å². The molecular weight excluding hydrogens is 212 g/mol. The summed E-state index contributed by atoms with van der Waals surface area (Å²) in [6.07, 6.45) is 7.90. The van der Waals surface area contributed by atoms with Crippen LogP contribution in [0.2, 0.25) is 0 Å². The molecular formula is C11H22O3S. The molecule has 0 aliphatic heterocycles. The van der Waals surface area contributed by atoms with Crippen LogP contribution in [-0.4, -0.2) is 18.7 Å². The van der Waals surface area contributed by atoms with Crippen LogP contribution in [-0.2, 0) is 10.1 Å². The number of hydrogen-bond acceptors (Lipinski definition) is 2. The van der Waals surface area contributed by atoms with E-state index in [1.807, 2.05) is 0 Å². The summed E-state index contributed by atoms with van der Waals surface area (Å²) < 4.78 is 29.5. The Kier molecular flexibility index (Phi) is 5.06. The van der Waals surface area contributed by atoms with E-state index in [0.29, 0.717) is 6.42 Å². The smallest absolute Gasteiger partial charge is 0.264 e. The number of hydrogen-bond donors (Lipinski definition) is 1. The maximum atomic E-state index is 10.5. The van der Waals surface area contributed by atoms with Crippen molar-refractivity contribution >= 4 is 10.1 Å². The van der Waals surface area contributed by atoms with Gasteiger partial charge in [-0.15, -0.1) is 0 Å². The summed E-state index contributed by atoms with van der Waals surface area (Å²) in [4.78, 5) is 0. The van der Waals surface area contributed by atoms with Crippen LogP contribution in [0.25, 0.3) is 0 Å². The normalized spacial score (nSPS) is 27.9. The Bertz CT molecular complexity index is 264. The molecule has 15 heavy (non-hydrogen) atoms. The number of unbranched alkanes of at least 4 members (excludes halogenated alkanes) is 1. The van der Waals surface area contributed by atoms with E-state index in [0.717, 1.165) is 24.7 Å². The third kappa shape index (κ3) is 6.15. The van der Waals surface area contributed by atoms with E-state index in [9.17, 15) is 8.42 Å². The summed E-state index contributed by atoms with van der Waals surface area (Å²) in [7, 11) is -3.74. The van der Waals surface area contributed by atoms with Gasteiger partial charge >= 0.3 is 0 Å². The molecule has 0 aromatic rings. The van der Waals surface area contributed by atoms with Crippen LogP contribution in [0.3, 0.4) is 0 Å². The van der Waals surface area contributed by atoms with E-state index in [-0.39, 0.29) is 5.75 Å². The Morgan fingerprint density at radius 3 is 2.27 bits per heavy atom. The van der Waals surface area contributed by atoms with Gasteiger partial charge in [0.05, 0.1) is 5.75 Å². The van der Waals surface area contributed by atoms with Crippen molar-refractivity contribution in [3.63, 3.8) is 0 Å². The topological polar surface area (TPSA) is 54.4 Å². The summed E-state index contributed by atoms with van der Waals surface area (Å²) >= 11 is 0. The summed E-state index contributed by atoms with van der Waals surface area (Å²) in [5.41, 5.74) is 0. The average molecular weight is 234 g/mol. The minimum atomic E-state index is -3.74. The third-order valence-corrected chi connectivity index (χ3v) is 4.20. The Morgan fingerprint density at radius 2 is 1.73 bits per heavy atom. The molecule has 1 saturated carbocycles. The highest BCUT2D eigenvalue weighted by Gasteiger charge is 2.17. The highest BCUT2D eigenvalue weighted by Crippen LogP contribution is 2.31. The molecule has 1 aliphatic rings. The van der Waals surface area contributed by atoms with Gasteiger partial charge in [-0.1, -0.05) is 45.4 Å². The molecule has 90 valence electrons. The van der Waals surface area contributed by atoms with Crippen LogP contribution in [0, 0.1) is 11.8 Å². The van der Waals surface area contributed by atoms with E-state index in [1.54, 1.807) is 0 Å². The zero-order valence-electron chi connectivity index (χ0n) is 9.48. The van der Waals surface area contributed by atoms with Gasteiger partial charge < -0.3 is 0 Å². The average Bonchev–Trinajstić information content (AvgIpc) is 2.14. The fourth-order valence-electron chi connectivity index (χ4n) is 2.34. The first-order chi connectivity index (χ1) is 6.97. The van der Waals surface area contributed by atoms with Gasteiger partial charge in [-0.3, -0.25) is 4.55 Å². The van der Waals surface area contributed by atoms with Crippen LogP contribution in [0.5, 0.6) is 0 Å². The largest absolute Gasteiger partial charge is 0.286 e. The molecule has 3 nitrogen and oxygen atoms in total. The van der Waals surface area contributed by atoms with Gasteiger partial charge in [-0.05, 0) is 18.3 Å². The minimum absolute atomic E-state index is 0.0733. The standard InChI is InChI=1S/C11H22O3S/c1-10-5-7-11(8-6-10)4-2-3-9-15(12,13)14/h10-11H,2-9H2,1H3,(H,12,13,14). The van der Waals surface area contributed by atoms with Crippen molar-refractivity contribution in [2.75, 3.05) is 5.75 Å². The molecule has 1 rings (SSSR count). The molecule has 0 amide bonds. The maximum absolute atomic E-state index is 10.5. The van der Waals surface area contributed by atoms with Crippen LogP contribution in [0.4, 0.5) is 0 Å². The van der Waals surface area contributed by atoms with Crippen LogP contribution in [0.1, 0.15) is 51.9 Å². The molecule has 0 aromatic carbocycles. The fraction of sp³-hybridized carbons (Fsp3) is 1.00. The summed E-state index contributed by atoms with van der Waals surface area (Å²) in [5, 5.41) is 0. The first-order valence-corrected chi connectivity index (χ1v) is 7.53. The highest BCUT2D eigenvalue weighted by atomic mass is 32.2. The quantitative estimate of drug-likeness (QED) is 0.588. The molecule has 0 saturated heterocycles. The Labute approximate surface area is 93.0 Å². The Morgan fingerprint density at radius 1 is 1.13 bits per heavy atom. The fourth-order valence-corrected chi connectivity index (χ4v) is 2.90. The van der Waals surface area contributed by atoms with Gasteiger partial charge in [0.1, 0.15) is 0 Å². The second-order valence-electron chi connectivity index (χ2n) is 4.91. The SMILES string of the molecule is CC1CCC(CCCCS(=O)(=O)O)CC1. The van der Waals surface area contributed by atoms with Gasteiger partial charge in [-0.2, -0.15) is 8.42 Å². The van der Waals surface area contributed by atoms with Crippen LogP contribution in [0.15, 0.2) is 0 Å². The van der Waals surface area contributed by atoms with Crippen molar-refractivity contribution in [3.05, 3.63) is 0 Å². The first kappa shape index (κ1) is 13.0. The van der Waals surface area contributed by atoms with Crippen LogP contribution < -0.4 is 0 Å². The van der Waals surface area contributed by atoms with Crippen molar-refractivity contribution in [1.82, 2.24) is 0 Å². The summed E-state index contributed by atoms with van der Waals surface area (Å²) in [5.74, 6) is 1.59. The van der Waals surface area contributed by atoms with Gasteiger partial charge in [0.25, 0.3) is 10.1 Å². The van der Waals surface area contributed by atoms with E-state index < -0.39 is 10.1 Å². The van der Waals surface area contributed by atoms with Gasteiger partial charge in [0, 0.05) is 0 Å². The van der Waals surface area contributed by atoms with Crippen molar-refractivity contribution < 1.29 is 13.0 Å². The Hall–Kier alpha value is -0.0900. The zero-order chi connectivity index (χ0) is 11.3. The predicted molar refractivity (Wildman–Crippen MR) is 61.4 cm³/mol. The maximum Gasteiger partial charge on any atom is 0.264 e. The van der Waals surface area contributed by atoms with Crippen molar-refractivity contribution in [2.24, 2.45) is 11.8 Å². The van der Waals surface area contributed by atoms with Crippen LogP contribution >= 0.6 is 0 Å². The lowest BCUT2D eigenvalue weighted by Gasteiger charge is -2.25. The lowest BCUT2D eigenvalue weighted by Crippen LogP contribution is -2.12. The minimum Gasteiger partial charge on any atom is -0.286 e. The van der Waals surface area contributed by atoms with Crippen molar-refractivity contribution in [3.8, 4) is 0 Å². The highest BCUT2D eigenvalue weighted by molar-refractivity contribution is 7.85. The molecule has 1 aliphatic carbocycles. The first-order valence-electron chi connectivity index (χ1n) is 5.92. The summed E-state index contributed by atoms with van der Waals surface area (Å²) in [6.45, 7) is 2.30. The molecule has 0 radical (unpaired) electrons. The summed E-state index contributed by atoms with van der Waals surface area (Å²) in [6, 6.07) is 0. The second kappa shape index (κ2) is 5.85. The molecule has 1 N–H and O–H groups in total. The molecule has 0 atom stereocenters. The number of rotatable bonds is 5. The monoisotopic (exact) mass is 234 g/mol. The molecule has 0 unspecified atom stereocenters. The molecule has 0 aromatic heterocycles. The molecule has 0 spiro atoms. The van der Waals surface area contributed by atoms with E-state index in [1.165, 1.54) is 25.7 Å². The predicted octanol–water partition coefficient (Wildman–Crippen LogP) is 2.87. The lowest BCUT2D eigenvalue weighted by atomic mass is 9.81. The molecule has 0 bridgehead atoms. The lowest BCUT2D eigenvalue weighted by molar-refractivity contribution is 0.273. The van der Waals surface area contributed by atoms with Gasteiger partial charge in [-0.25, -0.2) is 0 Å². The Balaban J connectivity index is 2.06.